The van der Waals surface area contributed by atoms with Gasteiger partial charge in [-0.25, -0.2) is 4.39 Å². The highest BCUT2D eigenvalue weighted by molar-refractivity contribution is 5.92. The molecule has 26 heavy (non-hydrogen) atoms. The zero-order valence-corrected chi connectivity index (χ0v) is 13.0. The van der Waals surface area contributed by atoms with E-state index in [4.69, 9.17) is 21.4 Å². The number of hydrogen-bond donors (Lipinski definition) is 4. The molecule has 0 spiro atoms. The summed E-state index contributed by atoms with van der Waals surface area (Å²) in [4.78, 5) is 12.9. The van der Waals surface area contributed by atoms with Gasteiger partial charge in [0, 0.05) is 6.07 Å². The van der Waals surface area contributed by atoms with Gasteiger partial charge in [0.15, 0.2) is 12.0 Å². The number of anilines is 2. The van der Waals surface area contributed by atoms with E-state index in [0.29, 0.717) is 0 Å². The number of alkyl halides is 3. The van der Waals surface area contributed by atoms with E-state index in [-0.39, 0.29) is 24.6 Å². The van der Waals surface area contributed by atoms with Gasteiger partial charge in [0.05, 0.1) is 24.3 Å². The molecule has 11 heteroatoms. The number of nitrogens with one attached hydrogen (secondary N) is 1. The number of aliphatic hydroxyl groups is 3. The van der Waals surface area contributed by atoms with Gasteiger partial charge in [0.25, 0.3) is 5.79 Å². The summed E-state index contributed by atoms with van der Waals surface area (Å²) in [5.41, 5.74) is -0.445. The lowest BCUT2D eigenvalue weighted by atomic mass is 10.1. The van der Waals surface area contributed by atoms with Crippen LogP contribution in [-0.4, -0.2) is 52.6 Å². The second-order valence-electron chi connectivity index (χ2n) is 5.46. The van der Waals surface area contributed by atoms with Crippen molar-refractivity contribution in [2.75, 3.05) is 23.4 Å². The van der Waals surface area contributed by atoms with E-state index >= 15 is 0 Å². The van der Waals surface area contributed by atoms with Gasteiger partial charge < -0.3 is 30.3 Å². The number of aliphatic hydroxyl groups excluding tert-OH is 1. The van der Waals surface area contributed by atoms with E-state index in [9.17, 15) is 27.5 Å². The van der Waals surface area contributed by atoms with Crippen molar-refractivity contribution in [2.45, 2.75) is 24.6 Å². The third-order valence-electron chi connectivity index (χ3n) is 3.50. The molecule has 1 aromatic rings. The zero-order chi connectivity index (χ0) is 19.7. The van der Waals surface area contributed by atoms with Crippen molar-refractivity contribution < 1.29 is 42.4 Å². The summed E-state index contributed by atoms with van der Waals surface area (Å²) in [6, 6.07) is 1.86. The minimum atomic E-state index is -5.47. The zero-order valence-electron chi connectivity index (χ0n) is 13.0. The van der Waals surface area contributed by atoms with Crippen LogP contribution in [0.1, 0.15) is 6.42 Å². The molecule has 0 bridgehead atoms. The van der Waals surface area contributed by atoms with Crippen molar-refractivity contribution >= 4 is 17.3 Å². The van der Waals surface area contributed by atoms with Crippen molar-refractivity contribution in [3.8, 4) is 18.1 Å². The standard InChI is InChI=1S/C15H14F4N2O5/c1-2-3-21-10-5-9(8(16)4-11(10)26-7-13(21)23)20-12(22)6-14(24,25)15(17,18)19/h1,4-5,13,23-25H,3,6-7H2,(H,20,22). The highest BCUT2D eigenvalue weighted by Gasteiger charge is 2.54. The van der Waals surface area contributed by atoms with Crippen molar-refractivity contribution in [2.24, 2.45) is 0 Å². The molecule has 0 fully saturated rings. The third-order valence-corrected chi connectivity index (χ3v) is 3.50. The Bertz CT molecular complexity index is 745. The molecular formula is C15H14F4N2O5. The van der Waals surface area contributed by atoms with E-state index in [1.807, 2.05) is 5.32 Å². The smallest absolute Gasteiger partial charge is 0.443 e. The van der Waals surface area contributed by atoms with Crippen LogP contribution in [0, 0.1) is 18.2 Å². The molecule has 0 radical (unpaired) electrons. The van der Waals surface area contributed by atoms with Crippen molar-refractivity contribution in [1.82, 2.24) is 0 Å². The lowest BCUT2D eigenvalue weighted by Crippen LogP contribution is -2.47. The average Bonchev–Trinajstić information content (AvgIpc) is 2.50. The van der Waals surface area contributed by atoms with Crippen molar-refractivity contribution in [1.29, 1.82) is 0 Å². The van der Waals surface area contributed by atoms with Gasteiger partial charge in [-0.1, -0.05) is 5.92 Å². The van der Waals surface area contributed by atoms with Crippen LogP contribution in [0.5, 0.6) is 5.75 Å². The van der Waals surface area contributed by atoms with Gasteiger partial charge in [0.1, 0.15) is 12.4 Å². The van der Waals surface area contributed by atoms with Crippen LogP contribution in [0.25, 0.3) is 0 Å². The second kappa shape index (κ2) is 6.99. The molecule has 0 saturated heterocycles. The molecule has 0 aliphatic carbocycles. The third kappa shape index (κ3) is 3.98. The Morgan fingerprint density at radius 3 is 2.65 bits per heavy atom. The molecule has 0 aromatic heterocycles. The quantitative estimate of drug-likeness (QED) is 0.347. The van der Waals surface area contributed by atoms with Gasteiger partial charge in [-0.2, -0.15) is 13.2 Å². The van der Waals surface area contributed by atoms with Gasteiger partial charge >= 0.3 is 6.18 Å². The Balaban J connectivity index is 2.26. The molecule has 2 rings (SSSR count). The Hall–Kier alpha value is -2.55. The Morgan fingerprint density at radius 1 is 1.42 bits per heavy atom. The van der Waals surface area contributed by atoms with Crippen LogP contribution >= 0.6 is 0 Å². The van der Waals surface area contributed by atoms with Crippen LogP contribution in [-0.2, 0) is 4.79 Å². The fourth-order valence-corrected chi connectivity index (χ4v) is 2.20. The minimum Gasteiger partial charge on any atom is -0.487 e. The molecule has 4 N–H and O–H groups in total. The largest absolute Gasteiger partial charge is 0.487 e. The SMILES string of the molecule is C#CCN1c2cc(NC(=O)CC(O)(O)C(F)(F)F)c(F)cc2OCC1O. The topological polar surface area (TPSA) is 102 Å². The van der Waals surface area contributed by atoms with Crippen LogP contribution in [0.3, 0.4) is 0 Å². The predicted octanol–water partition coefficient (Wildman–Crippen LogP) is 0.548. The number of carbonyl (C=O) groups is 1. The lowest BCUT2D eigenvalue weighted by Gasteiger charge is -2.34. The van der Waals surface area contributed by atoms with E-state index in [0.717, 1.165) is 12.1 Å². The molecule has 1 aliphatic heterocycles. The first-order chi connectivity index (χ1) is 12.0. The highest BCUT2D eigenvalue weighted by atomic mass is 19.4. The fourth-order valence-electron chi connectivity index (χ4n) is 2.20. The normalized spacial score (nSPS) is 17.2. The number of amides is 1. The molecule has 1 aromatic carbocycles. The number of ether oxygens (including phenoxy) is 1. The number of benzene rings is 1. The summed E-state index contributed by atoms with van der Waals surface area (Å²) in [6.45, 7) is -0.274. The summed E-state index contributed by atoms with van der Waals surface area (Å²) in [7, 11) is 0. The van der Waals surface area contributed by atoms with Crippen LogP contribution < -0.4 is 15.0 Å². The summed E-state index contributed by atoms with van der Waals surface area (Å²) in [5, 5.41) is 29.5. The van der Waals surface area contributed by atoms with E-state index in [1.165, 1.54) is 4.90 Å². The first kappa shape index (κ1) is 19.8. The molecule has 0 saturated carbocycles. The molecule has 1 aliphatic rings. The number of carbonyl (C=O) groups excluding carboxylic acids is 1. The van der Waals surface area contributed by atoms with E-state index < -0.39 is 42.0 Å². The number of nitrogens with zero attached hydrogens (tertiary/aromatic N) is 1. The van der Waals surface area contributed by atoms with Crippen LogP contribution in [0.15, 0.2) is 12.1 Å². The Kier molecular flexibility index (Phi) is 5.31. The average molecular weight is 378 g/mol. The van der Waals surface area contributed by atoms with Crippen molar-refractivity contribution in [3.05, 3.63) is 17.9 Å². The number of rotatable bonds is 4. The van der Waals surface area contributed by atoms with Gasteiger partial charge in [-0.3, -0.25) is 4.79 Å². The molecular weight excluding hydrogens is 364 g/mol. The minimum absolute atomic E-state index is 0.00926. The first-order valence-corrected chi connectivity index (χ1v) is 7.12. The lowest BCUT2D eigenvalue weighted by molar-refractivity contribution is -0.347. The molecule has 1 amide bonds. The Morgan fingerprint density at radius 2 is 2.08 bits per heavy atom. The molecule has 1 atom stereocenters. The summed E-state index contributed by atoms with van der Waals surface area (Å²) in [6.07, 6.45) is -3.20. The monoisotopic (exact) mass is 378 g/mol. The highest BCUT2D eigenvalue weighted by Crippen LogP contribution is 2.37. The molecule has 1 heterocycles. The Labute approximate surface area is 144 Å². The predicted molar refractivity (Wildman–Crippen MR) is 80.6 cm³/mol. The number of hydrogen-bond acceptors (Lipinski definition) is 6. The number of terminal acetylenes is 1. The number of fused-ring (bicyclic) bond motifs is 1. The number of halogens is 4. The van der Waals surface area contributed by atoms with Crippen LogP contribution in [0.4, 0.5) is 28.9 Å². The molecule has 1 unspecified atom stereocenters. The van der Waals surface area contributed by atoms with Crippen molar-refractivity contribution in [3.63, 3.8) is 0 Å². The first-order valence-electron chi connectivity index (χ1n) is 7.12. The fraction of sp³-hybridized carbons (Fsp3) is 0.400. The maximum atomic E-state index is 14.1. The molecule has 7 nitrogen and oxygen atoms in total. The van der Waals surface area contributed by atoms with Crippen LogP contribution in [0.2, 0.25) is 0 Å². The summed E-state index contributed by atoms with van der Waals surface area (Å²) >= 11 is 0. The van der Waals surface area contributed by atoms with Gasteiger partial charge in [-0.05, 0) is 6.07 Å². The van der Waals surface area contributed by atoms with E-state index in [2.05, 4.69) is 5.92 Å². The maximum Gasteiger partial charge on any atom is 0.443 e. The maximum absolute atomic E-state index is 14.1. The van der Waals surface area contributed by atoms with E-state index in [1.54, 1.807) is 0 Å². The second-order valence-corrected chi connectivity index (χ2v) is 5.46. The summed E-state index contributed by atoms with van der Waals surface area (Å²) in [5.74, 6) is -4.52. The summed E-state index contributed by atoms with van der Waals surface area (Å²) < 4.78 is 56.4. The van der Waals surface area contributed by atoms with Gasteiger partial charge in [-0.15, -0.1) is 6.42 Å². The van der Waals surface area contributed by atoms with Gasteiger partial charge in [0.2, 0.25) is 5.91 Å². The molecule has 142 valence electrons.